The molecule has 0 saturated carbocycles. The van der Waals surface area contributed by atoms with Gasteiger partial charge in [0.15, 0.2) is 12.2 Å². The number of rotatable bonds is 80. The van der Waals surface area contributed by atoms with Gasteiger partial charge in [0.1, 0.15) is 19.3 Å². The average molecular weight is 1450 g/mol. The highest BCUT2D eigenvalue weighted by atomic mass is 31.2. The van der Waals surface area contributed by atoms with Gasteiger partial charge in [-0.05, 0) is 31.6 Å². The highest BCUT2D eigenvalue weighted by molar-refractivity contribution is 7.47. The first-order valence-electron chi connectivity index (χ1n) is 41.6. The number of hydrogen-bond donors (Lipinski definition) is 3. The summed E-state index contributed by atoms with van der Waals surface area (Å²) in [5, 5.41) is 10.6. The fourth-order valence-electron chi connectivity index (χ4n) is 12.4. The van der Waals surface area contributed by atoms with Crippen LogP contribution < -0.4 is 0 Å². The van der Waals surface area contributed by atoms with Gasteiger partial charge in [0, 0.05) is 25.7 Å². The van der Waals surface area contributed by atoms with E-state index in [-0.39, 0.29) is 25.7 Å². The molecule has 0 aromatic rings. The number of unbranched alkanes of at least 4 members (excludes halogenated alkanes) is 52. The number of phosphoric acid groups is 2. The minimum Gasteiger partial charge on any atom is -0.462 e. The molecule has 0 amide bonds. The molecule has 0 radical (unpaired) electrons. The van der Waals surface area contributed by atoms with E-state index in [1.54, 1.807) is 0 Å². The lowest BCUT2D eigenvalue weighted by molar-refractivity contribution is -0.161. The fourth-order valence-corrected chi connectivity index (χ4v) is 14.0. The maximum absolute atomic E-state index is 13.1. The Balaban J connectivity index is 5.18. The van der Waals surface area contributed by atoms with E-state index in [0.717, 1.165) is 95.8 Å². The van der Waals surface area contributed by atoms with Gasteiger partial charge in [-0.15, -0.1) is 0 Å². The fraction of sp³-hybridized carbons (Fsp3) is 0.950. The normalized spacial score (nSPS) is 13.9. The number of carbonyl (C=O) groups is 4. The molecule has 0 aliphatic heterocycles. The number of phosphoric ester groups is 2. The Morgan fingerprint density at radius 1 is 0.273 bits per heavy atom. The first-order valence-corrected chi connectivity index (χ1v) is 44.6. The van der Waals surface area contributed by atoms with Crippen molar-refractivity contribution in [2.24, 2.45) is 5.92 Å². The van der Waals surface area contributed by atoms with E-state index in [2.05, 4.69) is 34.6 Å². The smallest absolute Gasteiger partial charge is 0.462 e. The van der Waals surface area contributed by atoms with Crippen molar-refractivity contribution in [2.75, 3.05) is 39.6 Å². The Hall–Kier alpha value is -1.94. The molecule has 0 aromatic carbocycles. The molecule has 17 nitrogen and oxygen atoms in total. The van der Waals surface area contributed by atoms with E-state index in [1.165, 1.54) is 250 Å². The lowest BCUT2D eigenvalue weighted by Crippen LogP contribution is -2.30. The van der Waals surface area contributed by atoms with Crippen molar-refractivity contribution in [2.45, 2.75) is 445 Å². The summed E-state index contributed by atoms with van der Waals surface area (Å²) < 4.78 is 68.6. The molecule has 588 valence electrons. The van der Waals surface area contributed by atoms with E-state index in [0.29, 0.717) is 25.7 Å². The highest BCUT2D eigenvalue weighted by Crippen LogP contribution is 2.45. The van der Waals surface area contributed by atoms with Gasteiger partial charge in [-0.25, -0.2) is 9.13 Å². The summed E-state index contributed by atoms with van der Waals surface area (Å²) in [6, 6.07) is 0. The average Bonchev–Trinajstić information content (AvgIpc) is 1.30. The number of aliphatic hydroxyl groups excluding tert-OH is 1. The molecular formula is C80H156O17P2. The predicted octanol–water partition coefficient (Wildman–Crippen LogP) is 24.0. The van der Waals surface area contributed by atoms with E-state index >= 15 is 0 Å². The largest absolute Gasteiger partial charge is 0.472 e. The zero-order valence-electron chi connectivity index (χ0n) is 64.6. The third-order valence-corrected chi connectivity index (χ3v) is 20.7. The third kappa shape index (κ3) is 74.1. The highest BCUT2D eigenvalue weighted by Gasteiger charge is 2.30. The van der Waals surface area contributed by atoms with Gasteiger partial charge >= 0.3 is 39.5 Å². The molecule has 0 fully saturated rings. The Bertz CT molecular complexity index is 1890. The summed E-state index contributed by atoms with van der Waals surface area (Å²) in [5.74, 6) is -1.31. The van der Waals surface area contributed by atoms with Gasteiger partial charge in [0.25, 0.3) is 0 Å². The first kappa shape index (κ1) is 97.1. The molecule has 0 bridgehead atoms. The first-order chi connectivity index (χ1) is 48.0. The van der Waals surface area contributed by atoms with Crippen LogP contribution in [0.4, 0.5) is 0 Å². The maximum Gasteiger partial charge on any atom is 0.472 e. The van der Waals surface area contributed by atoms with Crippen LogP contribution in [0.15, 0.2) is 0 Å². The van der Waals surface area contributed by atoms with Crippen molar-refractivity contribution in [3.63, 3.8) is 0 Å². The predicted molar refractivity (Wildman–Crippen MR) is 405 cm³/mol. The van der Waals surface area contributed by atoms with Gasteiger partial charge in [-0.2, -0.15) is 0 Å². The maximum atomic E-state index is 13.1. The summed E-state index contributed by atoms with van der Waals surface area (Å²) in [6.45, 7) is 7.32. The number of aliphatic hydroxyl groups is 1. The molecule has 5 atom stereocenters. The molecule has 0 spiro atoms. The molecule has 2 unspecified atom stereocenters. The molecular weight excluding hydrogens is 1290 g/mol. The lowest BCUT2D eigenvalue weighted by atomic mass is 10.0. The summed E-state index contributed by atoms with van der Waals surface area (Å²) >= 11 is 0. The van der Waals surface area contributed by atoms with Crippen molar-refractivity contribution in [1.29, 1.82) is 0 Å². The Morgan fingerprint density at radius 3 is 0.687 bits per heavy atom. The molecule has 0 aliphatic carbocycles. The van der Waals surface area contributed by atoms with Gasteiger partial charge in [0.2, 0.25) is 0 Å². The summed E-state index contributed by atoms with van der Waals surface area (Å²) in [7, 11) is -9.91. The van der Waals surface area contributed by atoms with Gasteiger partial charge in [-0.1, -0.05) is 375 Å². The Morgan fingerprint density at radius 2 is 0.465 bits per heavy atom. The number of esters is 4. The molecule has 0 rings (SSSR count). The quantitative estimate of drug-likeness (QED) is 0.0222. The second kappa shape index (κ2) is 73.0. The van der Waals surface area contributed by atoms with Crippen LogP contribution in [0.25, 0.3) is 0 Å². The van der Waals surface area contributed by atoms with Crippen LogP contribution in [0.3, 0.4) is 0 Å². The standard InChI is InChI=1S/C80H156O17P2/c1-6-9-12-15-18-21-24-25-26-27-28-29-30-31-32-33-38-41-46-51-56-61-66-80(85)97-76(70-91-78(83)64-59-54-49-45-40-37-35-34-36-39-42-47-52-57-62-73(4)5)72-95-99(88,89)93-68-74(81)67-92-98(86,87)94-71-75(96-79(84)65-60-55-50-44-23-20-17-14-11-8-3)69-90-77(82)63-58-53-48-43-22-19-16-13-10-7-2/h73-76,81H,6-72H2,1-5H3,(H,86,87)(H,88,89)/t74-,75+,76+/m0/s1. The van der Waals surface area contributed by atoms with E-state index in [4.69, 9.17) is 37.0 Å². The van der Waals surface area contributed by atoms with Crippen molar-refractivity contribution in [3.8, 4) is 0 Å². The van der Waals surface area contributed by atoms with E-state index < -0.39 is 97.5 Å². The molecule has 0 aliphatic rings. The van der Waals surface area contributed by atoms with Crippen LogP contribution in [0.2, 0.25) is 0 Å². The molecule has 0 aromatic heterocycles. The van der Waals surface area contributed by atoms with Crippen molar-refractivity contribution < 1.29 is 80.2 Å². The van der Waals surface area contributed by atoms with Crippen molar-refractivity contribution in [1.82, 2.24) is 0 Å². The van der Waals surface area contributed by atoms with Crippen LogP contribution in [0.5, 0.6) is 0 Å². The minimum absolute atomic E-state index is 0.107. The topological polar surface area (TPSA) is 237 Å². The second-order valence-corrected chi connectivity index (χ2v) is 32.2. The summed E-state index contributed by atoms with van der Waals surface area (Å²) in [4.78, 5) is 72.9. The lowest BCUT2D eigenvalue weighted by Gasteiger charge is -2.21. The van der Waals surface area contributed by atoms with E-state index in [1.807, 2.05) is 0 Å². The summed E-state index contributed by atoms with van der Waals surface area (Å²) in [5.41, 5.74) is 0. The monoisotopic (exact) mass is 1450 g/mol. The summed E-state index contributed by atoms with van der Waals surface area (Å²) in [6.07, 6.45) is 63.9. The van der Waals surface area contributed by atoms with Gasteiger partial charge in [-0.3, -0.25) is 37.3 Å². The zero-order chi connectivity index (χ0) is 72.7. The molecule has 19 heteroatoms. The second-order valence-electron chi connectivity index (χ2n) is 29.3. The Labute approximate surface area is 607 Å². The number of ether oxygens (including phenoxy) is 4. The van der Waals surface area contributed by atoms with Crippen LogP contribution in [-0.4, -0.2) is 96.7 Å². The minimum atomic E-state index is -4.96. The molecule has 0 saturated heterocycles. The van der Waals surface area contributed by atoms with Gasteiger partial charge in [0.05, 0.1) is 26.4 Å². The molecule has 99 heavy (non-hydrogen) atoms. The molecule has 3 N–H and O–H groups in total. The van der Waals surface area contributed by atoms with Crippen LogP contribution >= 0.6 is 15.6 Å². The number of hydrogen-bond acceptors (Lipinski definition) is 15. The zero-order valence-corrected chi connectivity index (χ0v) is 66.4. The van der Waals surface area contributed by atoms with Crippen LogP contribution in [0, 0.1) is 5.92 Å². The Kier molecular flexibility index (Phi) is 71.6. The van der Waals surface area contributed by atoms with Crippen LogP contribution in [0.1, 0.15) is 426 Å². The van der Waals surface area contributed by atoms with Crippen LogP contribution in [-0.2, 0) is 65.4 Å². The molecule has 0 heterocycles. The van der Waals surface area contributed by atoms with Crippen molar-refractivity contribution >= 4 is 39.5 Å². The number of carbonyl (C=O) groups excluding carboxylic acids is 4. The third-order valence-electron chi connectivity index (χ3n) is 18.8. The van der Waals surface area contributed by atoms with E-state index in [9.17, 15) is 43.2 Å². The van der Waals surface area contributed by atoms with Crippen molar-refractivity contribution in [3.05, 3.63) is 0 Å². The SMILES string of the molecule is CCCCCCCCCCCCCCCCCCCCCCCCC(=O)O[C@H](COC(=O)CCCCCCCCCCCCCCCCC(C)C)COP(=O)(O)OC[C@@H](O)COP(=O)(O)OC[C@@H](COC(=O)CCCCCCCCCCCC)OC(=O)CCCCCCCCCCCC. The van der Waals surface area contributed by atoms with Gasteiger partial charge < -0.3 is 33.8 Å².